The van der Waals surface area contributed by atoms with E-state index in [4.69, 9.17) is 5.73 Å². The highest BCUT2D eigenvalue weighted by Gasteiger charge is 2.22. The Bertz CT molecular complexity index is 245. The zero-order chi connectivity index (χ0) is 12.9. The molecule has 0 spiro atoms. The Labute approximate surface area is 106 Å². The predicted octanol–water partition coefficient (Wildman–Crippen LogP) is 2.59. The van der Waals surface area contributed by atoms with Crippen molar-refractivity contribution < 1.29 is 4.79 Å². The normalized spacial score (nSPS) is 26.4. The third-order valence-corrected chi connectivity index (χ3v) is 3.70. The summed E-state index contributed by atoms with van der Waals surface area (Å²) in [6.45, 7) is 6.19. The molecule has 100 valence electrons. The van der Waals surface area contributed by atoms with Crippen molar-refractivity contribution in [2.45, 2.75) is 77.3 Å². The van der Waals surface area contributed by atoms with Crippen LogP contribution in [0.3, 0.4) is 0 Å². The minimum Gasteiger partial charge on any atom is -0.353 e. The summed E-state index contributed by atoms with van der Waals surface area (Å²) in [6, 6.07) is 0.380. The first kappa shape index (κ1) is 14.5. The summed E-state index contributed by atoms with van der Waals surface area (Å²) in [5.41, 5.74) is 5.65. The highest BCUT2D eigenvalue weighted by molar-refractivity contribution is 5.76. The van der Waals surface area contributed by atoms with E-state index < -0.39 is 0 Å². The van der Waals surface area contributed by atoms with Crippen LogP contribution >= 0.6 is 0 Å². The molecule has 0 heterocycles. The van der Waals surface area contributed by atoms with E-state index in [1.165, 1.54) is 25.7 Å². The standard InChI is InChI=1S/C14H28N2O/c1-11-7-5-4-6-8-12(11)16-13(17)9-10-14(2,3)15/h11-12H,4-10,15H2,1-3H3,(H,16,17). The highest BCUT2D eigenvalue weighted by atomic mass is 16.1. The van der Waals surface area contributed by atoms with Gasteiger partial charge >= 0.3 is 0 Å². The maximum atomic E-state index is 11.8. The molecule has 0 aromatic heterocycles. The van der Waals surface area contributed by atoms with Gasteiger partial charge in [0.25, 0.3) is 0 Å². The number of carbonyl (C=O) groups is 1. The molecule has 0 bridgehead atoms. The van der Waals surface area contributed by atoms with Crippen LogP contribution in [-0.2, 0) is 4.79 Å². The van der Waals surface area contributed by atoms with Crippen LogP contribution in [0.5, 0.6) is 0 Å². The van der Waals surface area contributed by atoms with Crippen molar-refractivity contribution in [1.82, 2.24) is 5.32 Å². The molecule has 1 aliphatic carbocycles. The molecule has 0 aromatic carbocycles. The quantitative estimate of drug-likeness (QED) is 0.742. The summed E-state index contributed by atoms with van der Waals surface area (Å²) in [5.74, 6) is 0.787. The molecule has 1 rings (SSSR count). The van der Waals surface area contributed by atoms with Crippen LogP contribution in [0, 0.1) is 5.92 Å². The second kappa shape index (κ2) is 6.39. The average Bonchev–Trinajstić information content (AvgIpc) is 2.41. The summed E-state index contributed by atoms with van der Waals surface area (Å²) in [6.07, 6.45) is 7.55. The van der Waals surface area contributed by atoms with Crippen LogP contribution in [0.25, 0.3) is 0 Å². The number of nitrogens with two attached hydrogens (primary N) is 1. The number of rotatable bonds is 4. The Kier molecular flexibility index (Phi) is 5.44. The van der Waals surface area contributed by atoms with Crippen molar-refractivity contribution in [3.8, 4) is 0 Å². The van der Waals surface area contributed by atoms with Gasteiger partial charge in [0.15, 0.2) is 0 Å². The molecule has 3 heteroatoms. The van der Waals surface area contributed by atoms with Gasteiger partial charge < -0.3 is 11.1 Å². The zero-order valence-corrected chi connectivity index (χ0v) is 11.6. The highest BCUT2D eigenvalue weighted by Crippen LogP contribution is 2.23. The molecule has 0 aromatic rings. The fraction of sp³-hybridized carbons (Fsp3) is 0.929. The van der Waals surface area contributed by atoms with Crippen molar-refractivity contribution >= 4 is 5.91 Å². The minimum atomic E-state index is -0.244. The first-order valence-corrected chi connectivity index (χ1v) is 6.97. The van der Waals surface area contributed by atoms with Gasteiger partial charge in [0.1, 0.15) is 0 Å². The molecule has 17 heavy (non-hydrogen) atoms. The van der Waals surface area contributed by atoms with Crippen molar-refractivity contribution in [2.75, 3.05) is 0 Å². The lowest BCUT2D eigenvalue weighted by molar-refractivity contribution is -0.122. The molecular formula is C14H28N2O. The van der Waals surface area contributed by atoms with Gasteiger partial charge in [-0.2, -0.15) is 0 Å². The van der Waals surface area contributed by atoms with Gasteiger partial charge in [-0.1, -0.05) is 26.2 Å². The molecule has 0 saturated heterocycles. The number of hydrogen-bond acceptors (Lipinski definition) is 2. The Balaban J connectivity index is 2.33. The Morgan fingerprint density at radius 1 is 1.29 bits per heavy atom. The fourth-order valence-electron chi connectivity index (χ4n) is 2.42. The van der Waals surface area contributed by atoms with Gasteiger partial charge in [-0.05, 0) is 39.0 Å². The van der Waals surface area contributed by atoms with E-state index in [0.29, 0.717) is 18.4 Å². The topological polar surface area (TPSA) is 55.1 Å². The van der Waals surface area contributed by atoms with Gasteiger partial charge in [0.05, 0.1) is 0 Å². The van der Waals surface area contributed by atoms with Crippen LogP contribution in [0.2, 0.25) is 0 Å². The molecule has 2 unspecified atom stereocenters. The monoisotopic (exact) mass is 240 g/mol. The summed E-state index contributed by atoms with van der Waals surface area (Å²) in [7, 11) is 0. The third kappa shape index (κ3) is 6.06. The first-order valence-electron chi connectivity index (χ1n) is 6.97. The molecule has 1 fully saturated rings. The third-order valence-electron chi connectivity index (χ3n) is 3.70. The summed E-state index contributed by atoms with van der Waals surface area (Å²) >= 11 is 0. The number of hydrogen-bond donors (Lipinski definition) is 2. The van der Waals surface area contributed by atoms with Crippen LogP contribution in [0.1, 0.15) is 65.7 Å². The molecule has 0 aliphatic heterocycles. The second-order valence-corrected chi connectivity index (χ2v) is 6.28. The van der Waals surface area contributed by atoms with Crippen molar-refractivity contribution in [3.63, 3.8) is 0 Å². The van der Waals surface area contributed by atoms with E-state index in [-0.39, 0.29) is 11.4 Å². The van der Waals surface area contributed by atoms with E-state index >= 15 is 0 Å². The van der Waals surface area contributed by atoms with Crippen LogP contribution < -0.4 is 11.1 Å². The van der Waals surface area contributed by atoms with E-state index in [9.17, 15) is 4.79 Å². The van der Waals surface area contributed by atoms with Gasteiger partial charge in [-0.3, -0.25) is 4.79 Å². The van der Waals surface area contributed by atoms with E-state index in [1.54, 1.807) is 0 Å². The lowest BCUT2D eigenvalue weighted by Crippen LogP contribution is -2.40. The Morgan fingerprint density at radius 3 is 2.59 bits per heavy atom. The largest absolute Gasteiger partial charge is 0.353 e. The van der Waals surface area contributed by atoms with Crippen LogP contribution in [0.4, 0.5) is 0 Å². The lowest BCUT2D eigenvalue weighted by atomic mass is 9.96. The number of amides is 1. The average molecular weight is 240 g/mol. The van der Waals surface area contributed by atoms with Gasteiger partial charge in [-0.15, -0.1) is 0 Å². The summed E-state index contributed by atoms with van der Waals surface area (Å²) in [4.78, 5) is 11.8. The predicted molar refractivity (Wildman–Crippen MR) is 71.7 cm³/mol. The second-order valence-electron chi connectivity index (χ2n) is 6.28. The minimum absolute atomic E-state index is 0.169. The summed E-state index contributed by atoms with van der Waals surface area (Å²) < 4.78 is 0. The van der Waals surface area contributed by atoms with Crippen LogP contribution in [0.15, 0.2) is 0 Å². The SMILES string of the molecule is CC1CCCCCC1NC(=O)CCC(C)(C)N. The molecule has 3 nitrogen and oxygen atoms in total. The van der Waals surface area contributed by atoms with Crippen molar-refractivity contribution in [3.05, 3.63) is 0 Å². The van der Waals surface area contributed by atoms with Crippen molar-refractivity contribution in [1.29, 1.82) is 0 Å². The molecule has 3 N–H and O–H groups in total. The summed E-state index contributed by atoms with van der Waals surface area (Å²) in [5, 5.41) is 3.19. The van der Waals surface area contributed by atoms with Crippen molar-refractivity contribution in [2.24, 2.45) is 11.7 Å². The van der Waals surface area contributed by atoms with Crippen LogP contribution in [-0.4, -0.2) is 17.5 Å². The smallest absolute Gasteiger partial charge is 0.220 e. The molecule has 1 aliphatic rings. The molecule has 1 saturated carbocycles. The molecule has 2 atom stereocenters. The first-order chi connectivity index (χ1) is 7.88. The maximum Gasteiger partial charge on any atom is 0.220 e. The Hall–Kier alpha value is -0.570. The Morgan fingerprint density at radius 2 is 1.94 bits per heavy atom. The number of carbonyl (C=O) groups excluding carboxylic acids is 1. The molecule has 0 radical (unpaired) electrons. The van der Waals surface area contributed by atoms with E-state index in [1.807, 2.05) is 13.8 Å². The van der Waals surface area contributed by atoms with E-state index in [2.05, 4.69) is 12.2 Å². The maximum absolute atomic E-state index is 11.8. The molecule has 1 amide bonds. The fourth-order valence-corrected chi connectivity index (χ4v) is 2.42. The lowest BCUT2D eigenvalue weighted by Gasteiger charge is -2.24. The van der Waals surface area contributed by atoms with Gasteiger partial charge in [0, 0.05) is 18.0 Å². The van der Waals surface area contributed by atoms with Gasteiger partial charge in [0.2, 0.25) is 5.91 Å². The van der Waals surface area contributed by atoms with Gasteiger partial charge in [-0.25, -0.2) is 0 Å². The zero-order valence-electron chi connectivity index (χ0n) is 11.6. The molecular weight excluding hydrogens is 212 g/mol. The number of nitrogens with one attached hydrogen (secondary N) is 1. The van der Waals surface area contributed by atoms with E-state index in [0.717, 1.165) is 12.8 Å².